The van der Waals surface area contributed by atoms with Gasteiger partial charge in [0, 0.05) is 37.2 Å². The summed E-state index contributed by atoms with van der Waals surface area (Å²) >= 11 is 0. The Labute approximate surface area is 169 Å². The quantitative estimate of drug-likeness (QED) is 0.660. The van der Waals surface area contributed by atoms with Gasteiger partial charge < -0.3 is 19.9 Å². The molecular formula is C21H24N4O4. The fourth-order valence-corrected chi connectivity index (χ4v) is 2.86. The van der Waals surface area contributed by atoms with Crippen LogP contribution in [0.3, 0.4) is 0 Å². The molecule has 29 heavy (non-hydrogen) atoms. The molecule has 0 bridgehead atoms. The van der Waals surface area contributed by atoms with Gasteiger partial charge in [0.2, 0.25) is 5.91 Å². The molecule has 8 nitrogen and oxygen atoms in total. The molecule has 0 aliphatic carbocycles. The van der Waals surface area contributed by atoms with E-state index >= 15 is 0 Å². The van der Waals surface area contributed by atoms with Crippen molar-refractivity contribution in [1.82, 2.24) is 9.88 Å². The van der Waals surface area contributed by atoms with E-state index < -0.39 is 11.5 Å². The van der Waals surface area contributed by atoms with Crippen molar-refractivity contribution in [2.45, 2.75) is 26.8 Å². The van der Waals surface area contributed by atoms with Crippen molar-refractivity contribution in [2.24, 2.45) is 0 Å². The number of rotatable bonds is 8. The number of aromatic nitrogens is 1. The largest absolute Gasteiger partial charge is 0.385 e. The Morgan fingerprint density at radius 2 is 2.00 bits per heavy atom. The average Bonchev–Trinajstić information content (AvgIpc) is 2.68. The molecule has 2 aromatic rings. The van der Waals surface area contributed by atoms with E-state index in [1.165, 1.54) is 4.57 Å². The third-order valence-electron chi connectivity index (χ3n) is 4.34. The molecule has 2 rings (SSSR count). The van der Waals surface area contributed by atoms with Gasteiger partial charge in [-0.05, 0) is 50.1 Å². The second-order valence-corrected chi connectivity index (χ2v) is 6.58. The van der Waals surface area contributed by atoms with E-state index in [0.29, 0.717) is 42.1 Å². The van der Waals surface area contributed by atoms with Crippen LogP contribution in [0.1, 0.15) is 33.6 Å². The Balaban J connectivity index is 2.08. The highest BCUT2D eigenvalue weighted by Crippen LogP contribution is 2.11. The van der Waals surface area contributed by atoms with Gasteiger partial charge in [0.25, 0.3) is 11.5 Å². The van der Waals surface area contributed by atoms with E-state index in [0.717, 1.165) is 0 Å². The molecule has 0 saturated carbocycles. The number of nitrogens with one attached hydrogen (secondary N) is 2. The van der Waals surface area contributed by atoms with Crippen LogP contribution in [0.5, 0.6) is 0 Å². The summed E-state index contributed by atoms with van der Waals surface area (Å²) < 4.78 is 6.20. The van der Waals surface area contributed by atoms with Crippen LogP contribution in [-0.2, 0) is 16.1 Å². The lowest BCUT2D eigenvalue weighted by atomic mass is 10.1. The first-order chi connectivity index (χ1) is 13.9. The molecule has 1 aromatic carbocycles. The summed E-state index contributed by atoms with van der Waals surface area (Å²) in [5.41, 5.74) is 1.55. The zero-order chi connectivity index (χ0) is 21.4. The molecule has 0 aliphatic heterocycles. The zero-order valence-electron chi connectivity index (χ0n) is 16.7. The Morgan fingerprint density at radius 1 is 1.24 bits per heavy atom. The molecule has 0 radical (unpaired) electrons. The number of nitrogens with zero attached hydrogens (tertiary/aromatic N) is 2. The van der Waals surface area contributed by atoms with Crippen molar-refractivity contribution < 1.29 is 14.3 Å². The molecule has 0 fully saturated rings. The number of carbonyl (C=O) groups excluding carboxylic acids is 2. The van der Waals surface area contributed by atoms with Gasteiger partial charge in [-0.15, -0.1) is 0 Å². The topological polar surface area (TPSA) is 113 Å². The molecular weight excluding hydrogens is 372 g/mol. The zero-order valence-corrected chi connectivity index (χ0v) is 16.7. The normalized spacial score (nSPS) is 10.3. The number of amides is 2. The van der Waals surface area contributed by atoms with E-state index in [1.807, 2.05) is 6.07 Å². The number of hydrogen-bond donors (Lipinski definition) is 2. The lowest BCUT2D eigenvalue weighted by Crippen LogP contribution is -2.31. The smallest absolute Gasteiger partial charge is 0.269 e. The van der Waals surface area contributed by atoms with E-state index in [1.54, 1.807) is 51.3 Å². The first-order valence-electron chi connectivity index (χ1n) is 9.15. The summed E-state index contributed by atoms with van der Waals surface area (Å²) in [6.45, 7) is 4.20. The SMILES string of the molecule is COCCCNC(=O)c1cccc(NC(=O)Cn2c(C)cc(C)c(C#N)c2=O)c1. The van der Waals surface area contributed by atoms with E-state index in [-0.39, 0.29) is 18.0 Å². The van der Waals surface area contributed by atoms with Crippen LogP contribution >= 0.6 is 0 Å². The highest BCUT2D eigenvalue weighted by atomic mass is 16.5. The van der Waals surface area contributed by atoms with E-state index in [2.05, 4.69) is 10.6 Å². The van der Waals surface area contributed by atoms with Crippen LogP contribution in [0, 0.1) is 25.2 Å². The molecule has 0 saturated heterocycles. The standard InChI is InChI=1S/C21H24N4O4/c1-14-10-15(2)25(21(28)18(14)12-22)13-19(26)24-17-7-4-6-16(11-17)20(27)23-8-5-9-29-3/h4,6-7,10-11H,5,8-9,13H2,1-3H3,(H,23,27)(H,24,26). The van der Waals surface area contributed by atoms with Gasteiger partial charge in [-0.2, -0.15) is 5.26 Å². The van der Waals surface area contributed by atoms with Crippen molar-refractivity contribution in [3.63, 3.8) is 0 Å². The van der Waals surface area contributed by atoms with Gasteiger partial charge >= 0.3 is 0 Å². The van der Waals surface area contributed by atoms with Crippen LogP contribution < -0.4 is 16.2 Å². The Hall–Kier alpha value is -3.44. The number of anilines is 1. The first-order valence-corrected chi connectivity index (χ1v) is 9.15. The summed E-state index contributed by atoms with van der Waals surface area (Å²) in [5.74, 6) is -0.679. The minimum atomic E-state index is -0.496. The van der Waals surface area contributed by atoms with Gasteiger partial charge in [-0.3, -0.25) is 14.4 Å². The summed E-state index contributed by atoms with van der Waals surface area (Å²) in [4.78, 5) is 37.0. The molecule has 0 unspecified atom stereocenters. The highest BCUT2D eigenvalue weighted by Gasteiger charge is 2.13. The Morgan fingerprint density at radius 3 is 2.69 bits per heavy atom. The molecule has 2 amide bonds. The number of hydrogen-bond acceptors (Lipinski definition) is 5. The number of ether oxygens (including phenoxy) is 1. The maximum absolute atomic E-state index is 12.4. The summed E-state index contributed by atoms with van der Waals surface area (Å²) in [6.07, 6.45) is 0.702. The van der Waals surface area contributed by atoms with Crippen molar-refractivity contribution in [3.8, 4) is 6.07 Å². The number of benzene rings is 1. The number of carbonyl (C=O) groups is 2. The second kappa shape index (κ2) is 10.2. The third kappa shape index (κ3) is 5.77. The molecule has 0 atom stereocenters. The Kier molecular flexibility index (Phi) is 7.69. The van der Waals surface area contributed by atoms with Crippen LogP contribution in [0.2, 0.25) is 0 Å². The van der Waals surface area contributed by atoms with E-state index in [4.69, 9.17) is 10.00 Å². The molecule has 152 valence electrons. The minimum Gasteiger partial charge on any atom is -0.385 e. The van der Waals surface area contributed by atoms with Crippen molar-refractivity contribution in [1.29, 1.82) is 5.26 Å². The van der Waals surface area contributed by atoms with Gasteiger partial charge in [0.1, 0.15) is 18.2 Å². The van der Waals surface area contributed by atoms with Gasteiger partial charge in [-0.1, -0.05) is 6.07 Å². The lowest BCUT2D eigenvalue weighted by Gasteiger charge is -2.12. The van der Waals surface area contributed by atoms with Crippen molar-refractivity contribution >= 4 is 17.5 Å². The molecule has 2 N–H and O–H groups in total. The monoisotopic (exact) mass is 396 g/mol. The van der Waals surface area contributed by atoms with E-state index in [9.17, 15) is 14.4 Å². The van der Waals surface area contributed by atoms with Gasteiger partial charge in [0.05, 0.1) is 0 Å². The first kappa shape index (κ1) is 21.9. The second-order valence-electron chi connectivity index (χ2n) is 6.58. The Bertz CT molecular complexity index is 1000. The highest BCUT2D eigenvalue weighted by molar-refractivity contribution is 5.97. The van der Waals surface area contributed by atoms with Crippen molar-refractivity contribution in [2.75, 3.05) is 25.6 Å². The maximum atomic E-state index is 12.4. The molecule has 1 heterocycles. The fraction of sp³-hybridized carbons (Fsp3) is 0.333. The summed E-state index contributed by atoms with van der Waals surface area (Å²) in [7, 11) is 1.60. The number of aryl methyl sites for hydroxylation is 2. The number of nitriles is 1. The van der Waals surface area contributed by atoms with Crippen LogP contribution in [0.4, 0.5) is 5.69 Å². The predicted octanol–water partition coefficient (Wildman–Crippen LogP) is 1.74. The van der Waals surface area contributed by atoms with Crippen LogP contribution in [-0.4, -0.2) is 36.6 Å². The number of methoxy groups -OCH3 is 1. The molecule has 1 aromatic heterocycles. The minimum absolute atomic E-state index is 0.0236. The molecule has 0 spiro atoms. The number of pyridine rings is 1. The molecule has 0 aliphatic rings. The molecule has 8 heteroatoms. The average molecular weight is 396 g/mol. The predicted molar refractivity (Wildman–Crippen MR) is 109 cm³/mol. The fourth-order valence-electron chi connectivity index (χ4n) is 2.86. The van der Waals surface area contributed by atoms with Gasteiger partial charge in [0.15, 0.2) is 0 Å². The van der Waals surface area contributed by atoms with Crippen LogP contribution in [0.15, 0.2) is 35.1 Å². The van der Waals surface area contributed by atoms with Crippen molar-refractivity contribution in [3.05, 3.63) is 63.1 Å². The summed E-state index contributed by atoms with van der Waals surface area (Å²) in [6, 6.07) is 10.1. The summed E-state index contributed by atoms with van der Waals surface area (Å²) in [5, 5.41) is 14.6. The van der Waals surface area contributed by atoms with Crippen LogP contribution in [0.25, 0.3) is 0 Å². The maximum Gasteiger partial charge on any atom is 0.269 e. The third-order valence-corrected chi connectivity index (χ3v) is 4.34. The lowest BCUT2D eigenvalue weighted by molar-refractivity contribution is -0.116. The van der Waals surface area contributed by atoms with Gasteiger partial charge in [-0.25, -0.2) is 0 Å².